The van der Waals surface area contributed by atoms with Gasteiger partial charge in [-0.3, -0.25) is 0 Å². The standard InChI is InChI=1S/C11H23N/c1-9(2)6-10(3)7-11-4-5-12-8-11/h9-12H,4-8H2,1-3H3. The summed E-state index contributed by atoms with van der Waals surface area (Å²) in [5.41, 5.74) is 0. The minimum Gasteiger partial charge on any atom is -0.316 e. The number of hydrogen-bond donors (Lipinski definition) is 1. The Bertz CT molecular complexity index is 114. The van der Waals surface area contributed by atoms with Gasteiger partial charge in [0, 0.05) is 0 Å². The van der Waals surface area contributed by atoms with Crippen LogP contribution in [0.25, 0.3) is 0 Å². The minimum absolute atomic E-state index is 0.870. The van der Waals surface area contributed by atoms with E-state index in [-0.39, 0.29) is 0 Å². The fourth-order valence-corrected chi connectivity index (χ4v) is 2.39. The molecule has 2 unspecified atom stereocenters. The van der Waals surface area contributed by atoms with E-state index in [1.807, 2.05) is 0 Å². The average molecular weight is 169 g/mol. The molecule has 0 spiro atoms. The Labute approximate surface area is 76.9 Å². The van der Waals surface area contributed by atoms with Crippen LogP contribution in [0.2, 0.25) is 0 Å². The third kappa shape index (κ3) is 3.57. The first-order chi connectivity index (χ1) is 5.68. The lowest BCUT2D eigenvalue weighted by atomic mass is 9.89. The zero-order chi connectivity index (χ0) is 8.97. The molecule has 0 aromatic carbocycles. The Morgan fingerprint density at radius 3 is 2.58 bits per heavy atom. The highest BCUT2D eigenvalue weighted by Gasteiger charge is 2.17. The molecule has 1 aliphatic rings. The van der Waals surface area contributed by atoms with Gasteiger partial charge in [0.1, 0.15) is 0 Å². The molecular formula is C11H23N. The van der Waals surface area contributed by atoms with Gasteiger partial charge in [0.15, 0.2) is 0 Å². The highest BCUT2D eigenvalue weighted by Crippen LogP contribution is 2.22. The summed E-state index contributed by atoms with van der Waals surface area (Å²) in [5, 5.41) is 3.43. The van der Waals surface area contributed by atoms with Gasteiger partial charge in [0.05, 0.1) is 0 Å². The van der Waals surface area contributed by atoms with Crippen LogP contribution in [0.4, 0.5) is 0 Å². The first kappa shape index (κ1) is 10.0. The van der Waals surface area contributed by atoms with Crippen molar-refractivity contribution in [2.75, 3.05) is 13.1 Å². The van der Waals surface area contributed by atoms with Gasteiger partial charge in [-0.2, -0.15) is 0 Å². The molecule has 0 aromatic heterocycles. The lowest BCUT2D eigenvalue weighted by Crippen LogP contribution is -2.12. The van der Waals surface area contributed by atoms with Crippen LogP contribution in [0, 0.1) is 17.8 Å². The minimum atomic E-state index is 0.870. The third-order valence-electron chi connectivity index (χ3n) is 2.77. The molecule has 1 fully saturated rings. The molecule has 1 aliphatic heterocycles. The number of nitrogens with one attached hydrogen (secondary N) is 1. The van der Waals surface area contributed by atoms with Gasteiger partial charge in [-0.05, 0) is 50.1 Å². The molecule has 0 bridgehead atoms. The van der Waals surface area contributed by atoms with E-state index in [0.717, 1.165) is 17.8 Å². The van der Waals surface area contributed by atoms with Crippen molar-refractivity contribution in [2.24, 2.45) is 17.8 Å². The predicted octanol–water partition coefficient (Wildman–Crippen LogP) is 2.67. The molecule has 12 heavy (non-hydrogen) atoms. The smallest absolute Gasteiger partial charge is 0.00199 e. The Morgan fingerprint density at radius 2 is 2.08 bits per heavy atom. The van der Waals surface area contributed by atoms with E-state index in [9.17, 15) is 0 Å². The van der Waals surface area contributed by atoms with Crippen molar-refractivity contribution in [1.29, 1.82) is 0 Å². The van der Waals surface area contributed by atoms with Gasteiger partial charge < -0.3 is 5.32 Å². The monoisotopic (exact) mass is 169 g/mol. The Hall–Kier alpha value is -0.0400. The van der Waals surface area contributed by atoms with Gasteiger partial charge in [-0.1, -0.05) is 20.8 Å². The zero-order valence-corrected chi connectivity index (χ0v) is 8.77. The third-order valence-corrected chi connectivity index (χ3v) is 2.77. The van der Waals surface area contributed by atoms with Crippen molar-refractivity contribution in [2.45, 2.75) is 40.0 Å². The topological polar surface area (TPSA) is 12.0 Å². The maximum atomic E-state index is 3.43. The van der Waals surface area contributed by atoms with Crippen LogP contribution in [0.3, 0.4) is 0 Å². The molecule has 72 valence electrons. The molecule has 1 N–H and O–H groups in total. The van der Waals surface area contributed by atoms with Gasteiger partial charge >= 0.3 is 0 Å². The molecule has 1 heterocycles. The fourth-order valence-electron chi connectivity index (χ4n) is 2.39. The normalized spacial score (nSPS) is 26.5. The summed E-state index contributed by atoms with van der Waals surface area (Å²) in [6.45, 7) is 9.56. The van der Waals surface area contributed by atoms with Crippen molar-refractivity contribution >= 4 is 0 Å². The lowest BCUT2D eigenvalue weighted by Gasteiger charge is -2.17. The van der Waals surface area contributed by atoms with Crippen LogP contribution in [-0.2, 0) is 0 Å². The summed E-state index contributed by atoms with van der Waals surface area (Å²) in [7, 11) is 0. The second kappa shape index (κ2) is 4.86. The van der Waals surface area contributed by atoms with Gasteiger partial charge in [-0.25, -0.2) is 0 Å². The van der Waals surface area contributed by atoms with Crippen LogP contribution in [0.15, 0.2) is 0 Å². The maximum Gasteiger partial charge on any atom is -0.00199 e. The summed E-state index contributed by atoms with van der Waals surface area (Å²) in [6.07, 6.45) is 4.24. The van der Waals surface area contributed by atoms with Crippen LogP contribution in [-0.4, -0.2) is 13.1 Å². The SMILES string of the molecule is CC(C)CC(C)CC1CCNC1. The second-order valence-electron chi connectivity index (χ2n) is 4.83. The van der Waals surface area contributed by atoms with Crippen LogP contribution < -0.4 is 5.32 Å². The van der Waals surface area contributed by atoms with Crippen LogP contribution >= 0.6 is 0 Å². The fraction of sp³-hybridized carbons (Fsp3) is 1.00. The molecule has 0 amide bonds. The van der Waals surface area contributed by atoms with Crippen LogP contribution in [0.5, 0.6) is 0 Å². The Morgan fingerprint density at radius 1 is 1.33 bits per heavy atom. The van der Waals surface area contributed by atoms with Gasteiger partial charge in [-0.15, -0.1) is 0 Å². The van der Waals surface area contributed by atoms with Gasteiger partial charge in [0.2, 0.25) is 0 Å². The maximum absolute atomic E-state index is 3.43. The molecule has 2 atom stereocenters. The van der Waals surface area contributed by atoms with Crippen LogP contribution in [0.1, 0.15) is 40.0 Å². The van der Waals surface area contributed by atoms with Crippen molar-refractivity contribution in [3.05, 3.63) is 0 Å². The zero-order valence-electron chi connectivity index (χ0n) is 8.77. The highest BCUT2D eigenvalue weighted by molar-refractivity contribution is 4.73. The summed E-state index contributed by atoms with van der Waals surface area (Å²) in [5.74, 6) is 2.77. The first-order valence-electron chi connectivity index (χ1n) is 5.39. The molecule has 0 aliphatic carbocycles. The number of rotatable bonds is 4. The first-order valence-corrected chi connectivity index (χ1v) is 5.39. The molecular weight excluding hydrogens is 146 g/mol. The predicted molar refractivity (Wildman–Crippen MR) is 54.2 cm³/mol. The molecule has 0 aromatic rings. The second-order valence-corrected chi connectivity index (χ2v) is 4.83. The average Bonchev–Trinajstić information content (AvgIpc) is 2.37. The quantitative estimate of drug-likeness (QED) is 0.682. The van der Waals surface area contributed by atoms with E-state index in [0.29, 0.717) is 0 Å². The highest BCUT2D eigenvalue weighted by atomic mass is 14.9. The van der Waals surface area contributed by atoms with E-state index in [1.165, 1.54) is 32.4 Å². The van der Waals surface area contributed by atoms with E-state index < -0.39 is 0 Å². The summed E-state index contributed by atoms with van der Waals surface area (Å²) >= 11 is 0. The van der Waals surface area contributed by atoms with Gasteiger partial charge in [0.25, 0.3) is 0 Å². The molecule has 1 rings (SSSR count). The van der Waals surface area contributed by atoms with Crippen molar-refractivity contribution < 1.29 is 0 Å². The Balaban J connectivity index is 2.11. The molecule has 1 heteroatoms. The van der Waals surface area contributed by atoms with Crippen molar-refractivity contribution in [3.8, 4) is 0 Å². The van der Waals surface area contributed by atoms with E-state index in [1.54, 1.807) is 0 Å². The molecule has 1 nitrogen and oxygen atoms in total. The largest absolute Gasteiger partial charge is 0.316 e. The molecule has 0 saturated carbocycles. The molecule has 1 saturated heterocycles. The Kier molecular flexibility index (Phi) is 4.07. The van der Waals surface area contributed by atoms with Crippen molar-refractivity contribution in [1.82, 2.24) is 5.32 Å². The lowest BCUT2D eigenvalue weighted by molar-refractivity contribution is 0.354. The van der Waals surface area contributed by atoms with E-state index in [4.69, 9.17) is 0 Å². The number of hydrogen-bond acceptors (Lipinski definition) is 1. The van der Waals surface area contributed by atoms with E-state index >= 15 is 0 Å². The van der Waals surface area contributed by atoms with E-state index in [2.05, 4.69) is 26.1 Å². The molecule has 0 radical (unpaired) electrons. The summed E-state index contributed by atoms with van der Waals surface area (Å²) in [4.78, 5) is 0. The summed E-state index contributed by atoms with van der Waals surface area (Å²) in [6, 6.07) is 0. The van der Waals surface area contributed by atoms with Crippen molar-refractivity contribution in [3.63, 3.8) is 0 Å². The summed E-state index contributed by atoms with van der Waals surface area (Å²) < 4.78 is 0.